The van der Waals surface area contributed by atoms with E-state index >= 15 is 0 Å². The summed E-state index contributed by atoms with van der Waals surface area (Å²) in [6.07, 6.45) is 2.90. The first-order valence-electron chi connectivity index (χ1n) is 8.37. The molecule has 4 rings (SSSR count). The van der Waals surface area contributed by atoms with Crippen LogP contribution in [0.15, 0.2) is 36.4 Å². The number of carbonyl (C=O) groups is 2. The highest BCUT2D eigenvalue weighted by Crippen LogP contribution is 2.40. The summed E-state index contributed by atoms with van der Waals surface area (Å²) in [5.74, 6) is -0.189. The lowest BCUT2D eigenvalue weighted by atomic mass is 10.1. The first kappa shape index (κ1) is 14.9. The highest BCUT2D eigenvalue weighted by atomic mass is 16.2. The van der Waals surface area contributed by atoms with Crippen LogP contribution >= 0.6 is 0 Å². The van der Waals surface area contributed by atoms with Crippen LogP contribution in [-0.4, -0.2) is 39.6 Å². The fraction of sp³-hybridized carbons (Fsp3) is 0.389. The molecule has 1 aliphatic heterocycles. The van der Waals surface area contributed by atoms with Gasteiger partial charge in [-0.25, -0.2) is 4.68 Å². The van der Waals surface area contributed by atoms with Crippen molar-refractivity contribution < 1.29 is 9.59 Å². The first-order valence-corrected chi connectivity index (χ1v) is 8.37. The Kier molecular flexibility index (Phi) is 3.59. The van der Waals surface area contributed by atoms with Crippen molar-refractivity contribution in [3.05, 3.63) is 47.8 Å². The molecule has 1 aromatic heterocycles. The first-order chi connectivity index (χ1) is 11.6. The van der Waals surface area contributed by atoms with Crippen molar-refractivity contribution in [3.8, 4) is 5.69 Å². The summed E-state index contributed by atoms with van der Waals surface area (Å²) in [5, 5.41) is 4.67. The van der Waals surface area contributed by atoms with E-state index in [1.807, 2.05) is 36.4 Å². The van der Waals surface area contributed by atoms with Crippen LogP contribution in [0.5, 0.6) is 0 Å². The molecule has 0 bridgehead atoms. The van der Waals surface area contributed by atoms with Gasteiger partial charge in [0.25, 0.3) is 5.91 Å². The largest absolute Gasteiger partial charge is 0.369 e. The van der Waals surface area contributed by atoms with Gasteiger partial charge in [-0.05, 0) is 37.5 Å². The predicted octanol–water partition coefficient (Wildman–Crippen LogP) is 1.70. The smallest absolute Gasteiger partial charge is 0.272 e. The number of benzene rings is 1. The van der Waals surface area contributed by atoms with Crippen LogP contribution in [0, 0.1) is 5.92 Å². The topological polar surface area (TPSA) is 81.2 Å². The Morgan fingerprint density at radius 2 is 1.88 bits per heavy atom. The van der Waals surface area contributed by atoms with E-state index in [4.69, 9.17) is 5.73 Å². The van der Waals surface area contributed by atoms with Crippen LogP contribution in [0.3, 0.4) is 0 Å². The van der Waals surface area contributed by atoms with Crippen LogP contribution < -0.4 is 5.73 Å². The van der Waals surface area contributed by atoms with Gasteiger partial charge in [-0.1, -0.05) is 18.2 Å². The third-order valence-corrected chi connectivity index (χ3v) is 4.82. The maximum atomic E-state index is 13.0. The molecule has 0 radical (unpaired) electrons. The zero-order valence-electron chi connectivity index (χ0n) is 13.4. The highest BCUT2D eigenvalue weighted by Gasteiger charge is 2.34. The Balaban J connectivity index is 1.66. The quantitative estimate of drug-likeness (QED) is 0.929. The van der Waals surface area contributed by atoms with E-state index in [2.05, 4.69) is 5.10 Å². The Bertz CT molecular complexity index is 780. The molecular formula is C18H20N4O2. The molecule has 124 valence electrons. The van der Waals surface area contributed by atoms with Gasteiger partial charge in [0, 0.05) is 19.0 Å². The van der Waals surface area contributed by atoms with E-state index < -0.39 is 0 Å². The standard InChI is InChI=1S/C18H20N4O2/c19-17(23)13-8-9-21(11-13)18(24)16-10-15(12-6-7-12)20-22(16)14-4-2-1-3-5-14/h1-5,10,12-13H,6-9,11H2,(H2,19,23)/t13-/m1/s1. The van der Waals surface area contributed by atoms with E-state index in [0.717, 1.165) is 24.2 Å². The van der Waals surface area contributed by atoms with Crippen LogP contribution in [0.2, 0.25) is 0 Å². The van der Waals surface area contributed by atoms with Crippen molar-refractivity contribution in [1.29, 1.82) is 0 Å². The zero-order valence-corrected chi connectivity index (χ0v) is 13.4. The van der Waals surface area contributed by atoms with Gasteiger partial charge in [0.2, 0.25) is 5.91 Å². The van der Waals surface area contributed by atoms with Gasteiger partial charge in [0.1, 0.15) is 5.69 Å². The molecule has 1 saturated heterocycles. The Morgan fingerprint density at radius 1 is 1.12 bits per heavy atom. The Labute approximate surface area is 140 Å². The summed E-state index contributed by atoms with van der Waals surface area (Å²) >= 11 is 0. The number of primary amides is 1. The zero-order chi connectivity index (χ0) is 16.7. The summed E-state index contributed by atoms with van der Waals surface area (Å²) in [4.78, 5) is 26.1. The van der Waals surface area contributed by atoms with Crippen molar-refractivity contribution >= 4 is 11.8 Å². The Morgan fingerprint density at radius 3 is 2.50 bits per heavy atom. The second-order valence-corrected chi connectivity index (χ2v) is 6.62. The van der Waals surface area contributed by atoms with Crippen LogP contribution in [-0.2, 0) is 4.79 Å². The molecule has 1 atom stereocenters. The number of para-hydroxylation sites is 1. The molecule has 2 amide bonds. The van der Waals surface area contributed by atoms with E-state index in [0.29, 0.717) is 31.1 Å². The summed E-state index contributed by atoms with van der Waals surface area (Å²) in [7, 11) is 0. The van der Waals surface area contributed by atoms with Crippen LogP contribution in [0.25, 0.3) is 5.69 Å². The lowest BCUT2D eigenvalue weighted by Gasteiger charge is -2.16. The third-order valence-electron chi connectivity index (χ3n) is 4.82. The van der Waals surface area contributed by atoms with E-state index in [9.17, 15) is 9.59 Å². The number of amides is 2. The van der Waals surface area contributed by atoms with Gasteiger partial charge in [-0.15, -0.1) is 0 Å². The lowest BCUT2D eigenvalue weighted by molar-refractivity contribution is -0.121. The predicted molar refractivity (Wildman–Crippen MR) is 88.7 cm³/mol. The number of aromatic nitrogens is 2. The summed E-state index contributed by atoms with van der Waals surface area (Å²) in [5.41, 5.74) is 7.79. The normalized spacial score (nSPS) is 20.3. The fourth-order valence-corrected chi connectivity index (χ4v) is 3.24. The number of nitrogens with two attached hydrogens (primary N) is 1. The number of hydrogen-bond donors (Lipinski definition) is 1. The van der Waals surface area contributed by atoms with Crippen molar-refractivity contribution in [2.45, 2.75) is 25.2 Å². The molecule has 24 heavy (non-hydrogen) atoms. The lowest BCUT2D eigenvalue weighted by Crippen LogP contribution is -2.32. The SMILES string of the molecule is NC(=O)[C@@H]1CCN(C(=O)c2cc(C3CC3)nn2-c2ccccc2)C1. The van der Waals surface area contributed by atoms with E-state index in [-0.39, 0.29) is 17.7 Å². The molecule has 2 N–H and O–H groups in total. The molecule has 0 unspecified atom stereocenters. The maximum absolute atomic E-state index is 13.0. The van der Waals surface area contributed by atoms with E-state index in [1.165, 1.54) is 0 Å². The monoisotopic (exact) mass is 324 g/mol. The molecular weight excluding hydrogens is 304 g/mol. The van der Waals surface area contributed by atoms with Gasteiger partial charge in [0.15, 0.2) is 0 Å². The second-order valence-electron chi connectivity index (χ2n) is 6.62. The number of rotatable bonds is 4. The molecule has 2 heterocycles. The van der Waals surface area contributed by atoms with Crippen LogP contribution in [0.4, 0.5) is 0 Å². The average molecular weight is 324 g/mol. The van der Waals surface area contributed by atoms with Crippen molar-refractivity contribution in [2.24, 2.45) is 11.7 Å². The molecule has 1 aromatic carbocycles. The minimum atomic E-state index is -0.333. The van der Waals surface area contributed by atoms with Gasteiger partial charge in [0.05, 0.1) is 17.3 Å². The summed E-state index contributed by atoms with van der Waals surface area (Å²) in [6, 6.07) is 11.6. The number of carbonyl (C=O) groups excluding carboxylic acids is 2. The molecule has 0 spiro atoms. The minimum absolute atomic E-state index is 0.0815. The molecule has 1 saturated carbocycles. The minimum Gasteiger partial charge on any atom is -0.369 e. The van der Waals surface area contributed by atoms with Gasteiger partial charge in [-0.3, -0.25) is 9.59 Å². The molecule has 6 heteroatoms. The van der Waals surface area contributed by atoms with Crippen molar-refractivity contribution in [1.82, 2.24) is 14.7 Å². The van der Waals surface area contributed by atoms with E-state index in [1.54, 1.807) is 9.58 Å². The molecule has 2 aromatic rings. The third kappa shape index (κ3) is 2.68. The Hall–Kier alpha value is -2.63. The number of hydrogen-bond acceptors (Lipinski definition) is 3. The van der Waals surface area contributed by atoms with Gasteiger partial charge < -0.3 is 10.6 Å². The number of nitrogens with zero attached hydrogens (tertiary/aromatic N) is 3. The average Bonchev–Trinajstić information content (AvgIpc) is 3.15. The molecule has 2 fully saturated rings. The highest BCUT2D eigenvalue weighted by molar-refractivity contribution is 5.94. The second kappa shape index (κ2) is 5.78. The molecule has 6 nitrogen and oxygen atoms in total. The van der Waals surface area contributed by atoms with Gasteiger partial charge in [-0.2, -0.15) is 5.10 Å². The summed E-state index contributed by atoms with van der Waals surface area (Å²) < 4.78 is 1.73. The molecule has 1 aliphatic carbocycles. The van der Waals surface area contributed by atoms with Crippen molar-refractivity contribution in [3.63, 3.8) is 0 Å². The summed E-state index contributed by atoms with van der Waals surface area (Å²) in [6.45, 7) is 0.956. The fourth-order valence-electron chi connectivity index (χ4n) is 3.24. The molecule has 2 aliphatic rings. The maximum Gasteiger partial charge on any atom is 0.272 e. The number of likely N-dealkylation sites (tertiary alicyclic amines) is 1. The van der Waals surface area contributed by atoms with Crippen molar-refractivity contribution in [2.75, 3.05) is 13.1 Å². The van der Waals surface area contributed by atoms with Crippen LogP contribution in [0.1, 0.15) is 41.4 Å². The van der Waals surface area contributed by atoms with Gasteiger partial charge >= 0.3 is 0 Å².